The minimum absolute atomic E-state index is 0.134. The molecule has 0 rings (SSSR count). The van der Waals surface area contributed by atoms with E-state index in [2.05, 4.69) is 19.6 Å². The van der Waals surface area contributed by atoms with Gasteiger partial charge in [0.05, 0.1) is 0 Å². The molecular weight excluding hydrogens is 212 g/mol. The molecule has 0 aromatic carbocycles. The van der Waals surface area contributed by atoms with Gasteiger partial charge in [0.2, 0.25) is 0 Å². The van der Waals surface area contributed by atoms with Crippen LogP contribution < -0.4 is 0 Å². The highest BCUT2D eigenvalue weighted by Crippen LogP contribution is 2.09. The molecule has 0 aliphatic rings. The van der Waals surface area contributed by atoms with Crippen molar-refractivity contribution in [2.45, 2.75) is 45.6 Å². The molecule has 2 heteroatoms. The fourth-order valence-corrected chi connectivity index (χ4v) is 1.20. The van der Waals surface area contributed by atoms with Gasteiger partial charge >= 0.3 is 5.97 Å². The van der Waals surface area contributed by atoms with E-state index in [9.17, 15) is 4.79 Å². The third-order valence-corrected chi connectivity index (χ3v) is 2.13. The van der Waals surface area contributed by atoms with Gasteiger partial charge in [-0.3, -0.25) is 0 Å². The Balaban J connectivity index is 4.28. The van der Waals surface area contributed by atoms with Gasteiger partial charge in [0.15, 0.2) is 0 Å². The Kier molecular flexibility index (Phi) is 9.12. The topological polar surface area (TPSA) is 26.3 Å². The molecule has 2 nitrogen and oxygen atoms in total. The van der Waals surface area contributed by atoms with E-state index in [1.54, 1.807) is 6.92 Å². The first kappa shape index (κ1) is 15.7. The summed E-state index contributed by atoms with van der Waals surface area (Å²) in [5.74, 6) is -0.332. The molecule has 0 aromatic heterocycles. The predicted molar refractivity (Wildman–Crippen MR) is 71.4 cm³/mol. The molecule has 0 aromatic rings. The molecule has 0 aliphatic heterocycles. The molecule has 1 unspecified atom stereocenters. The molecule has 1 atom stereocenters. The third-order valence-electron chi connectivity index (χ3n) is 2.13. The highest BCUT2D eigenvalue weighted by atomic mass is 16.5. The number of allylic oxidation sites excluding steroid dienone is 2. The molecule has 17 heavy (non-hydrogen) atoms. The maximum Gasteiger partial charge on any atom is 0.333 e. The van der Waals surface area contributed by atoms with E-state index in [0.717, 1.165) is 12.8 Å². The van der Waals surface area contributed by atoms with Crippen LogP contribution in [0, 0.1) is 6.92 Å². The molecule has 2 radical (unpaired) electrons. The summed E-state index contributed by atoms with van der Waals surface area (Å²) in [6, 6.07) is 0. The summed E-state index contributed by atoms with van der Waals surface area (Å²) < 4.78 is 5.32. The predicted octanol–water partition coefficient (Wildman–Crippen LogP) is 3.88. The van der Waals surface area contributed by atoms with Gasteiger partial charge in [-0.1, -0.05) is 37.8 Å². The molecule has 0 spiro atoms. The Hall–Kier alpha value is -1.31. The Labute approximate surface area is 105 Å². The van der Waals surface area contributed by atoms with Crippen LogP contribution >= 0.6 is 0 Å². The minimum atomic E-state index is -0.332. The Morgan fingerprint density at radius 2 is 1.88 bits per heavy atom. The van der Waals surface area contributed by atoms with Gasteiger partial charge in [0, 0.05) is 18.4 Å². The quantitative estimate of drug-likeness (QED) is 0.362. The second-order valence-electron chi connectivity index (χ2n) is 3.87. The van der Waals surface area contributed by atoms with Crippen LogP contribution in [0.4, 0.5) is 0 Å². The van der Waals surface area contributed by atoms with Crippen LogP contribution in [0.5, 0.6) is 0 Å². The zero-order chi connectivity index (χ0) is 13.1. The van der Waals surface area contributed by atoms with Crippen molar-refractivity contribution in [2.24, 2.45) is 0 Å². The maximum atomic E-state index is 11.4. The summed E-state index contributed by atoms with van der Waals surface area (Å²) in [6.45, 7) is 12.7. The summed E-state index contributed by atoms with van der Waals surface area (Å²) in [5.41, 5.74) is 0.428. The Morgan fingerprint density at radius 3 is 2.35 bits per heavy atom. The Morgan fingerprint density at radius 1 is 1.29 bits per heavy atom. The smallest absolute Gasteiger partial charge is 0.333 e. The molecule has 0 aliphatic carbocycles. The number of ether oxygens (including phenoxy) is 1. The highest BCUT2D eigenvalue weighted by Gasteiger charge is 2.11. The first-order valence-corrected chi connectivity index (χ1v) is 5.98. The van der Waals surface area contributed by atoms with E-state index in [1.807, 2.05) is 18.2 Å². The van der Waals surface area contributed by atoms with Crippen LogP contribution in [0.3, 0.4) is 0 Å². The lowest BCUT2D eigenvalue weighted by Gasteiger charge is -2.14. The average Bonchev–Trinajstić information content (AvgIpc) is 2.29. The number of rotatable bonds is 8. The molecule has 0 fully saturated rings. The van der Waals surface area contributed by atoms with E-state index in [-0.39, 0.29) is 12.1 Å². The minimum Gasteiger partial charge on any atom is -0.458 e. The van der Waals surface area contributed by atoms with Crippen molar-refractivity contribution < 1.29 is 9.53 Å². The van der Waals surface area contributed by atoms with E-state index in [4.69, 9.17) is 11.7 Å². The van der Waals surface area contributed by atoms with E-state index < -0.39 is 0 Å². The molecule has 0 amide bonds. The van der Waals surface area contributed by atoms with Crippen molar-refractivity contribution in [1.82, 2.24) is 0 Å². The summed E-state index contributed by atoms with van der Waals surface area (Å²) in [6.07, 6.45) is 10.7. The van der Waals surface area contributed by atoms with Gasteiger partial charge in [0.1, 0.15) is 6.10 Å². The van der Waals surface area contributed by atoms with Gasteiger partial charge in [0.25, 0.3) is 0 Å². The molecule has 0 saturated heterocycles. The van der Waals surface area contributed by atoms with Gasteiger partial charge < -0.3 is 4.74 Å². The zero-order valence-electron chi connectivity index (χ0n) is 10.8. The van der Waals surface area contributed by atoms with Crippen LogP contribution in [-0.2, 0) is 9.53 Å². The first-order chi connectivity index (χ1) is 8.11. The lowest BCUT2D eigenvalue weighted by Crippen LogP contribution is -2.17. The monoisotopic (exact) mass is 234 g/mol. The Bertz CT molecular complexity index is 271. The van der Waals surface area contributed by atoms with E-state index >= 15 is 0 Å². The van der Waals surface area contributed by atoms with Gasteiger partial charge in [-0.05, 0) is 26.7 Å². The lowest BCUT2D eigenvalue weighted by atomic mass is 10.1. The number of carbonyl (C=O) groups is 1. The average molecular weight is 234 g/mol. The zero-order valence-corrected chi connectivity index (χ0v) is 10.8. The van der Waals surface area contributed by atoms with Gasteiger partial charge in [-0.2, -0.15) is 0 Å². The largest absolute Gasteiger partial charge is 0.458 e. The van der Waals surface area contributed by atoms with Crippen LogP contribution in [0.25, 0.3) is 0 Å². The molecule has 0 saturated carbocycles. The second-order valence-corrected chi connectivity index (χ2v) is 3.87. The van der Waals surface area contributed by atoms with Crippen molar-refractivity contribution >= 4 is 5.97 Å². The van der Waals surface area contributed by atoms with E-state index in [1.165, 1.54) is 0 Å². The summed E-state index contributed by atoms with van der Waals surface area (Å²) >= 11 is 0. The maximum absolute atomic E-state index is 11.4. The van der Waals surface area contributed by atoms with Crippen molar-refractivity contribution in [3.8, 4) is 0 Å². The van der Waals surface area contributed by atoms with Gasteiger partial charge in [-0.25, -0.2) is 4.79 Å². The fraction of sp³-hybridized carbons (Fsp3) is 0.467. The van der Waals surface area contributed by atoms with Crippen LogP contribution in [0.1, 0.15) is 39.5 Å². The third kappa shape index (κ3) is 8.49. The molecular formula is C15H22O2. The fourth-order valence-electron chi connectivity index (χ4n) is 1.20. The summed E-state index contributed by atoms with van der Waals surface area (Å²) in [7, 11) is 0. The summed E-state index contributed by atoms with van der Waals surface area (Å²) in [4.78, 5) is 11.4. The SMILES string of the molecule is [CH]CC=CCC(CC=CCC)OC(=O)C(=C)C. The van der Waals surface area contributed by atoms with E-state index in [0.29, 0.717) is 18.4 Å². The van der Waals surface area contributed by atoms with Crippen LogP contribution in [-0.4, -0.2) is 12.1 Å². The number of esters is 1. The highest BCUT2D eigenvalue weighted by molar-refractivity contribution is 5.87. The van der Waals surface area contributed by atoms with Crippen LogP contribution in [0.2, 0.25) is 0 Å². The van der Waals surface area contributed by atoms with Crippen molar-refractivity contribution in [1.29, 1.82) is 0 Å². The number of carbonyl (C=O) groups excluding carboxylic acids is 1. The van der Waals surface area contributed by atoms with Crippen molar-refractivity contribution in [3.63, 3.8) is 0 Å². The van der Waals surface area contributed by atoms with Crippen molar-refractivity contribution in [2.75, 3.05) is 0 Å². The normalized spacial score (nSPS) is 13.1. The molecule has 0 N–H and O–H groups in total. The lowest BCUT2D eigenvalue weighted by molar-refractivity contribution is -0.143. The standard InChI is InChI=1S/C15H22O2/c1-5-7-9-11-14(12-10-8-6-2)17-15(16)13(3)4/h1,7-10,14H,3,5-6,11-12H2,2,4H3. The first-order valence-electron chi connectivity index (χ1n) is 5.98. The number of hydrogen-bond donors (Lipinski definition) is 0. The molecule has 0 bridgehead atoms. The molecule has 94 valence electrons. The molecule has 0 heterocycles. The van der Waals surface area contributed by atoms with Crippen LogP contribution in [0.15, 0.2) is 36.5 Å². The second kappa shape index (κ2) is 9.88. The van der Waals surface area contributed by atoms with Crippen molar-refractivity contribution in [3.05, 3.63) is 43.4 Å². The summed E-state index contributed by atoms with van der Waals surface area (Å²) in [5, 5.41) is 0. The van der Waals surface area contributed by atoms with Gasteiger partial charge in [-0.15, -0.1) is 0 Å². The number of hydrogen-bond acceptors (Lipinski definition) is 2.